The number of aliphatic hydroxyl groups excluding tert-OH is 1. The number of methoxy groups -OCH3 is 1. The average molecular weight is 353 g/mol. The Hall–Kier alpha value is -1.82. The lowest BCUT2D eigenvalue weighted by Gasteiger charge is -2.32. The Kier molecular flexibility index (Phi) is 9.27. The number of ether oxygens (including phenoxy) is 1. The molecule has 0 bridgehead atoms. The number of benzene rings is 1. The quantitative estimate of drug-likeness (QED) is 0.447. The van der Waals surface area contributed by atoms with Crippen molar-refractivity contribution in [3.63, 3.8) is 0 Å². The van der Waals surface area contributed by atoms with Crippen molar-refractivity contribution in [2.24, 2.45) is 10.4 Å². The number of aliphatic hydroxyl groups is 1. The van der Waals surface area contributed by atoms with Crippen molar-refractivity contribution < 1.29 is 14.2 Å². The lowest BCUT2D eigenvalue weighted by molar-refractivity contribution is 0.169. The van der Waals surface area contributed by atoms with Crippen LogP contribution in [0.2, 0.25) is 0 Å². The van der Waals surface area contributed by atoms with E-state index in [1.54, 1.807) is 6.07 Å². The fraction of sp³-hybridized carbons (Fsp3) is 0.632. The van der Waals surface area contributed by atoms with Crippen molar-refractivity contribution in [1.82, 2.24) is 10.6 Å². The van der Waals surface area contributed by atoms with Gasteiger partial charge in [-0.2, -0.15) is 0 Å². The molecule has 0 aromatic heterocycles. The number of rotatable bonds is 10. The summed E-state index contributed by atoms with van der Waals surface area (Å²) in [5, 5.41) is 15.9. The highest BCUT2D eigenvalue weighted by atomic mass is 19.1. The summed E-state index contributed by atoms with van der Waals surface area (Å²) in [6.07, 6.45) is 2.73. The van der Waals surface area contributed by atoms with Crippen molar-refractivity contribution >= 4 is 5.96 Å². The van der Waals surface area contributed by atoms with Crippen LogP contribution in [0.15, 0.2) is 23.2 Å². The van der Waals surface area contributed by atoms with Crippen LogP contribution < -0.4 is 15.4 Å². The number of halogens is 1. The first-order chi connectivity index (χ1) is 12.0. The standard InChI is InChI=1S/C19H32FN3O2/c1-5-19(6-2,10-11-24)14-23-18(21-7-3)22-13-15-8-9-17(25-4)16(20)12-15/h8-9,12,24H,5-7,10-11,13-14H2,1-4H3,(H2,21,22,23). The fourth-order valence-electron chi connectivity index (χ4n) is 2.77. The topological polar surface area (TPSA) is 65.9 Å². The molecule has 5 nitrogen and oxygen atoms in total. The van der Waals surface area contributed by atoms with Gasteiger partial charge in [0.15, 0.2) is 17.5 Å². The number of guanidine groups is 1. The average Bonchev–Trinajstić information content (AvgIpc) is 2.63. The van der Waals surface area contributed by atoms with Gasteiger partial charge >= 0.3 is 0 Å². The molecule has 0 atom stereocenters. The smallest absolute Gasteiger partial charge is 0.191 e. The van der Waals surface area contributed by atoms with Gasteiger partial charge in [0.05, 0.1) is 13.7 Å². The van der Waals surface area contributed by atoms with Gasteiger partial charge in [0.2, 0.25) is 0 Å². The van der Waals surface area contributed by atoms with Crippen molar-refractivity contribution in [2.75, 3.05) is 26.8 Å². The van der Waals surface area contributed by atoms with E-state index in [2.05, 4.69) is 29.5 Å². The first kappa shape index (κ1) is 21.2. The Labute approximate surface area is 150 Å². The van der Waals surface area contributed by atoms with Gasteiger partial charge in [-0.15, -0.1) is 0 Å². The summed E-state index contributed by atoms with van der Waals surface area (Å²) in [5.41, 5.74) is 0.833. The Morgan fingerprint density at radius 3 is 2.48 bits per heavy atom. The highest BCUT2D eigenvalue weighted by molar-refractivity contribution is 5.79. The van der Waals surface area contributed by atoms with Gasteiger partial charge in [-0.3, -0.25) is 0 Å². The van der Waals surface area contributed by atoms with E-state index in [0.29, 0.717) is 12.5 Å². The number of aliphatic imine (C=N–C) groups is 1. The predicted octanol–water partition coefficient (Wildman–Crippen LogP) is 3.08. The monoisotopic (exact) mass is 353 g/mol. The predicted molar refractivity (Wildman–Crippen MR) is 100 cm³/mol. The minimum atomic E-state index is -0.382. The van der Waals surface area contributed by atoms with Crippen molar-refractivity contribution in [1.29, 1.82) is 0 Å². The minimum Gasteiger partial charge on any atom is -0.494 e. The van der Waals surface area contributed by atoms with Crippen molar-refractivity contribution in [3.05, 3.63) is 29.6 Å². The molecule has 0 aliphatic carbocycles. The zero-order valence-corrected chi connectivity index (χ0v) is 15.9. The molecule has 0 amide bonds. The lowest BCUT2D eigenvalue weighted by Crippen LogP contribution is -2.43. The Balaban J connectivity index is 2.78. The molecule has 0 heterocycles. The second kappa shape index (κ2) is 10.9. The molecule has 142 valence electrons. The summed E-state index contributed by atoms with van der Waals surface area (Å²) < 4.78 is 18.7. The van der Waals surface area contributed by atoms with Gasteiger partial charge in [0, 0.05) is 19.7 Å². The Morgan fingerprint density at radius 1 is 1.24 bits per heavy atom. The summed E-state index contributed by atoms with van der Waals surface area (Å²) in [6.45, 7) is 8.34. The highest BCUT2D eigenvalue weighted by Gasteiger charge is 2.25. The van der Waals surface area contributed by atoms with E-state index in [0.717, 1.165) is 37.9 Å². The maximum atomic E-state index is 13.8. The van der Waals surface area contributed by atoms with E-state index in [9.17, 15) is 9.50 Å². The summed E-state index contributed by atoms with van der Waals surface area (Å²) in [5.74, 6) is 0.549. The van der Waals surface area contributed by atoms with Gasteiger partial charge in [0.1, 0.15) is 0 Å². The largest absolute Gasteiger partial charge is 0.494 e. The summed E-state index contributed by atoms with van der Waals surface area (Å²) in [4.78, 5) is 4.54. The van der Waals surface area contributed by atoms with Crippen LogP contribution in [0.4, 0.5) is 4.39 Å². The second-order valence-electron chi connectivity index (χ2n) is 6.20. The maximum absolute atomic E-state index is 13.8. The molecule has 6 heteroatoms. The van der Waals surface area contributed by atoms with Gasteiger partial charge in [-0.05, 0) is 49.3 Å². The van der Waals surface area contributed by atoms with Crippen LogP contribution in [0, 0.1) is 11.2 Å². The number of hydrogen-bond acceptors (Lipinski definition) is 3. The van der Waals surface area contributed by atoms with Crippen LogP contribution in [-0.2, 0) is 6.54 Å². The van der Waals surface area contributed by atoms with Gasteiger partial charge in [-0.25, -0.2) is 9.38 Å². The number of nitrogens with zero attached hydrogens (tertiary/aromatic N) is 1. The molecule has 3 N–H and O–H groups in total. The molecule has 1 aromatic rings. The fourth-order valence-corrected chi connectivity index (χ4v) is 2.77. The highest BCUT2D eigenvalue weighted by Crippen LogP contribution is 2.29. The van der Waals surface area contributed by atoms with Crippen LogP contribution in [0.3, 0.4) is 0 Å². The van der Waals surface area contributed by atoms with Crippen molar-refractivity contribution in [2.45, 2.75) is 46.6 Å². The molecule has 0 radical (unpaired) electrons. The molecule has 0 fully saturated rings. The molecule has 25 heavy (non-hydrogen) atoms. The first-order valence-electron chi connectivity index (χ1n) is 8.99. The van der Waals surface area contributed by atoms with Gasteiger partial charge < -0.3 is 20.5 Å². The van der Waals surface area contributed by atoms with Crippen LogP contribution in [-0.4, -0.2) is 37.9 Å². The van der Waals surface area contributed by atoms with Crippen LogP contribution in [0.1, 0.15) is 45.6 Å². The van der Waals surface area contributed by atoms with E-state index < -0.39 is 0 Å². The molecule has 1 rings (SSSR count). The molecule has 0 unspecified atom stereocenters. The second-order valence-corrected chi connectivity index (χ2v) is 6.20. The van der Waals surface area contributed by atoms with E-state index in [1.807, 2.05) is 13.0 Å². The van der Waals surface area contributed by atoms with Crippen LogP contribution in [0.25, 0.3) is 0 Å². The Morgan fingerprint density at radius 2 is 1.96 bits per heavy atom. The van der Waals surface area contributed by atoms with Crippen LogP contribution >= 0.6 is 0 Å². The van der Waals surface area contributed by atoms with Gasteiger partial charge in [-0.1, -0.05) is 19.9 Å². The van der Waals surface area contributed by atoms with E-state index >= 15 is 0 Å². The third-order valence-electron chi connectivity index (χ3n) is 4.75. The molecule has 0 saturated carbocycles. The molecule has 0 saturated heterocycles. The Bertz CT molecular complexity index is 545. The zero-order valence-electron chi connectivity index (χ0n) is 15.9. The summed E-state index contributed by atoms with van der Waals surface area (Å²) in [6, 6.07) is 4.87. The zero-order chi connectivity index (χ0) is 18.7. The molecular weight excluding hydrogens is 321 g/mol. The van der Waals surface area contributed by atoms with Gasteiger partial charge in [0.25, 0.3) is 0 Å². The molecule has 1 aromatic carbocycles. The number of nitrogens with one attached hydrogen (secondary N) is 2. The molecule has 0 spiro atoms. The van der Waals surface area contributed by atoms with E-state index in [-0.39, 0.29) is 23.6 Å². The molecule has 0 aliphatic heterocycles. The molecule has 0 aliphatic rings. The lowest BCUT2D eigenvalue weighted by atomic mass is 9.79. The maximum Gasteiger partial charge on any atom is 0.191 e. The van der Waals surface area contributed by atoms with E-state index in [1.165, 1.54) is 13.2 Å². The van der Waals surface area contributed by atoms with Crippen molar-refractivity contribution in [3.8, 4) is 5.75 Å². The van der Waals surface area contributed by atoms with Crippen LogP contribution in [0.5, 0.6) is 5.75 Å². The molecular formula is C19H32FN3O2. The number of hydrogen-bond donors (Lipinski definition) is 3. The summed E-state index contributed by atoms with van der Waals surface area (Å²) >= 11 is 0. The minimum absolute atomic E-state index is 0.0527. The first-order valence-corrected chi connectivity index (χ1v) is 8.99. The van der Waals surface area contributed by atoms with E-state index in [4.69, 9.17) is 4.74 Å². The third kappa shape index (κ3) is 6.53. The summed E-state index contributed by atoms with van der Waals surface area (Å²) in [7, 11) is 1.45. The normalized spacial score (nSPS) is 12.2. The third-order valence-corrected chi connectivity index (χ3v) is 4.75. The SMILES string of the molecule is CCNC(=NCc1ccc(OC)c(F)c1)NCC(CC)(CC)CCO.